The monoisotopic (exact) mass is 142 g/mol. The van der Waals surface area contributed by atoms with Gasteiger partial charge in [0.1, 0.15) is 0 Å². The molecule has 0 unspecified atom stereocenters. The zero-order valence-corrected chi connectivity index (χ0v) is 7.01. The third-order valence-corrected chi connectivity index (χ3v) is 1.89. The average molecular weight is 142 g/mol. The van der Waals surface area contributed by atoms with Gasteiger partial charge in [0, 0.05) is 0 Å². The van der Waals surface area contributed by atoms with Gasteiger partial charge in [-0.1, -0.05) is 13.0 Å². The van der Waals surface area contributed by atoms with Crippen molar-refractivity contribution in [2.24, 2.45) is 5.92 Å². The normalized spacial score (nSPS) is 16.3. The molecule has 0 rings (SSSR count). The van der Waals surface area contributed by atoms with Gasteiger partial charge in [-0.3, -0.25) is 0 Å². The van der Waals surface area contributed by atoms with Gasteiger partial charge in [0.15, 0.2) is 0 Å². The van der Waals surface area contributed by atoms with E-state index in [0.29, 0.717) is 5.92 Å². The third kappa shape index (κ3) is 4.57. The van der Waals surface area contributed by atoms with Crippen LogP contribution >= 0.6 is 0 Å². The van der Waals surface area contributed by atoms with Crippen molar-refractivity contribution in [2.45, 2.75) is 39.2 Å². The second-order valence-electron chi connectivity index (χ2n) is 2.94. The number of allylic oxidation sites excluding steroid dienone is 1. The topological polar surface area (TPSA) is 20.2 Å². The van der Waals surface area contributed by atoms with Crippen LogP contribution in [0.3, 0.4) is 0 Å². The lowest BCUT2D eigenvalue weighted by Gasteiger charge is -2.12. The van der Waals surface area contributed by atoms with E-state index in [2.05, 4.69) is 13.5 Å². The van der Waals surface area contributed by atoms with E-state index in [4.69, 9.17) is 5.11 Å². The quantitative estimate of drug-likeness (QED) is 0.461. The summed E-state index contributed by atoms with van der Waals surface area (Å²) < 4.78 is 0. The van der Waals surface area contributed by atoms with E-state index in [9.17, 15) is 0 Å². The molecule has 1 nitrogen and oxygen atoms in total. The van der Waals surface area contributed by atoms with E-state index >= 15 is 0 Å². The van der Waals surface area contributed by atoms with Crippen LogP contribution in [0.2, 0.25) is 0 Å². The molecule has 10 heavy (non-hydrogen) atoms. The minimum absolute atomic E-state index is 0.162. The Morgan fingerprint density at radius 2 is 2.10 bits per heavy atom. The first kappa shape index (κ1) is 9.70. The predicted molar refractivity (Wildman–Crippen MR) is 44.9 cm³/mol. The minimum Gasteiger partial charge on any atom is -0.393 e. The van der Waals surface area contributed by atoms with Gasteiger partial charge < -0.3 is 5.11 Å². The van der Waals surface area contributed by atoms with Gasteiger partial charge in [-0.05, 0) is 32.1 Å². The highest BCUT2D eigenvalue weighted by molar-refractivity contribution is 4.67. The molecule has 0 amide bonds. The fraction of sp³-hybridized carbons (Fsp3) is 0.778. The molecule has 0 aromatic carbocycles. The Bertz CT molecular complexity index is 86.7. The average Bonchev–Trinajstić information content (AvgIpc) is 1.88. The summed E-state index contributed by atoms with van der Waals surface area (Å²) >= 11 is 0. The van der Waals surface area contributed by atoms with Gasteiger partial charge in [-0.25, -0.2) is 0 Å². The second kappa shape index (κ2) is 5.48. The Labute approximate surface area is 63.8 Å². The molecule has 0 bridgehead atoms. The van der Waals surface area contributed by atoms with Gasteiger partial charge in [-0.15, -0.1) is 6.58 Å². The zero-order chi connectivity index (χ0) is 7.98. The zero-order valence-electron chi connectivity index (χ0n) is 7.01. The number of aliphatic hydroxyl groups is 1. The van der Waals surface area contributed by atoms with Gasteiger partial charge in [0.05, 0.1) is 6.10 Å². The molecule has 0 saturated heterocycles. The summed E-state index contributed by atoms with van der Waals surface area (Å²) in [6.45, 7) is 7.56. The first-order valence-corrected chi connectivity index (χ1v) is 3.97. The van der Waals surface area contributed by atoms with Crippen molar-refractivity contribution in [3.63, 3.8) is 0 Å². The molecule has 0 radical (unpaired) electrons. The maximum absolute atomic E-state index is 9.09. The summed E-state index contributed by atoms with van der Waals surface area (Å²) in [5.41, 5.74) is 0. The van der Waals surface area contributed by atoms with Crippen LogP contribution in [0.1, 0.15) is 33.1 Å². The summed E-state index contributed by atoms with van der Waals surface area (Å²) in [4.78, 5) is 0. The van der Waals surface area contributed by atoms with E-state index in [1.165, 1.54) is 0 Å². The molecule has 0 aromatic heterocycles. The van der Waals surface area contributed by atoms with Crippen LogP contribution in [0, 0.1) is 5.92 Å². The highest BCUT2D eigenvalue weighted by atomic mass is 16.3. The van der Waals surface area contributed by atoms with Gasteiger partial charge in [-0.2, -0.15) is 0 Å². The summed E-state index contributed by atoms with van der Waals surface area (Å²) in [5, 5.41) is 9.09. The van der Waals surface area contributed by atoms with Crippen molar-refractivity contribution < 1.29 is 5.11 Å². The van der Waals surface area contributed by atoms with E-state index in [-0.39, 0.29) is 6.10 Å². The van der Waals surface area contributed by atoms with Crippen LogP contribution in [-0.4, -0.2) is 11.2 Å². The van der Waals surface area contributed by atoms with Crippen molar-refractivity contribution in [3.05, 3.63) is 12.7 Å². The molecule has 0 aliphatic heterocycles. The summed E-state index contributed by atoms with van der Waals surface area (Å²) in [6, 6.07) is 0. The van der Waals surface area contributed by atoms with Crippen molar-refractivity contribution in [1.82, 2.24) is 0 Å². The predicted octanol–water partition coefficient (Wildman–Crippen LogP) is 2.36. The maximum atomic E-state index is 9.09. The summed E-state index contributed by atoms with van der Waals surface area (Å²) in [5.74, 6) is 0.431. The smallest absolute Gasteiger partial charge is 0.0537 e. The van der Waals surface area contributed by atoms with E-state index in [1.807, 2.05) is 13.0 Å². The molecule has 0 saturated carbocycles. The fourth-order valence-electron chi connectivity index (χ4n) is 0.825. The molecule has 1 heteroatoms. The highest BCUT2D eigenvalue weighted by Gasteiger charge is 2.06. The Balaban J connectivity index is 3.21. The highest BCUT2D eigenvalue weighted by Crippen LogP contribution is 2.11. The molecule has 0 aliphatic carbocycles. The summed E-state index contributed by atoms with van der Waals surface area (Å²) in [7, 11) is 0. The fourth-order valence-corrected chi connectivity index (χ4v) is 0.825. The number of rotatable bonds is 5. The molecule has 1 N–H and O–H groups in total. The van der Waals surface area contributed by atoms with E-state index < -0.39 is 0 Å². The van der Waals surface area contributed by atoms with Gasteiger partial charge in [0.25, 0.3) is 0 Å². The number of unbranched alkanes of at least 4 members (excludes halogenated alkanes) is 1. The molecule has 0 spiro atoms. The maximum Gasteiger partial charge on any atom is 0.0537 e. The minimum atomic E-state index is -0.162. The van der Waals surface area contributed by atoms with Crippen LogP contribution in [0.25, 0.3) is 0 Å². The molecule has 2 atom stereocenters. The van der Waals surface area contributed by atoms with Gasteiger partial charge >= 0.3 is 0 Å². The first-order valence-electron chi connectivity index (χ1n) is 3.97. The number of aliphatic hydroxyl groups excluding tert-OH is 1. The Hall–Kier alpha value is -0.300. The van der Waals surface area contributed by atoms with E-state index in [0.717, 1.165) is 19.3 Å². The van der Waals surface area contributed by atoms with Crippen molar-refractivity contribution >= 4 is 0 Å². The Morgan fingerprint density at radius 1 is 1.50 bits per heavy atom. The lowest BCUT2D eigenvalue weighted by molar-refractivity contribution is 0.129. The molecule has 0 heterocycles. The van der Waals surface area contributed by atoms with Crippen LogP contribution in [0.4, 0.5) is 0 Å². The largest absolute Gasteiger partial charge is 0.393 e. The Morgan fingerprint density at radius 3 is 2.50 bits per heavy atom. The molecule has 0 fully saturated rings. The molecule has 60 valence electrons. The van der Waals surface area contributed by atoms with E-state index in [1.54, 1.807) is 0 Å². The van der Waals surface area contributed by atoms with Crippen molar-refractivity contribution in [1.29, 1.82) is 0 Å². The Kier molecular flexibility index (Phi) is 5.32. The van der Waals surface area contributed by atoms with Crippen LogP contribution < -0.4 is 0 Å². The lowest BCUT2D eigenvalue weighted by atomic mass is 9.99. The van der Waals surface area contributed by atoms with Crippen LogP contribution in [-0.2, 0) is 0 Å². The second-order valence-corrected chi connectivity index (χ2v) is 2.94. The van der Waals surface area contributed by atoms with Crippen molar-refractivity contribution in [2.75, 3.05) is 0 Å². The molecule has 0 aromatic rings. The number of hydrogen-bond donors (Lipinski definition) is 1. The van der Waals surface area contributed by atoms with Crippen LogP contribution in [0.15, 0.2) is 12.7 Å². The molecule has 0 aliphatic rings. The molecular formula is C9H18O. The standard InChI is InChI=1S/C9H18O/c1-4-5-6-7-8(2)9(3)10/h4,8-10H,1,5-7H2,2-3H3/t8-,9+/m0/s1. The SMILES string of the molecule is C=CCCC[C@H](C)[C@@H](C)O. The number of hydrogen-bond acceptors (Lipinski definition) is 1. The lowest BCUT2D eigenvalue weighted by Crippen LogP contribution is -2.12. The first-order chi connectivity index (χ1) is 4.68. The van der Waals surface area contributed by atoms with Crippen LogP contribution in [0.5, 0.6) is 0 Å². The van der Waals surface area contributed by atoms with Gasteiger partial charge in [0.2, 0.25) is 0 Å². The van der Waals surface area contributed by atoms with Crippen molar-refractivity contribution in [3.8, 4) is 0 Å². The molecular weight excluding hydrogens is 124 g/mol. The summed E-state index contributed by atoms with van der Waals surface area (Å²) in [6.07, 6.45) is 5.08. The third-order valence-electron chi connectivity index (χ3n) is 1.89.